The van der Waals surface area contributed by atoms with Gasteiger partial charge in [-0.2, -0.15) is 0 Å². The minimum atomic E-state index is -4.35. The van der Waals surface area contributed by atoms with Crippen molar-refractivity contribution < 1.29 is 65.7 Å². The molecule has 0 saturated heterocycles. The van der Waals surface area contributed by atoms with E-state index in [9.17, 15) is 38.9 Å². The molecule has 0 fully saturated rings. The summed E-state index contributed by atoms with van der Waals surface area (Å²) < 4.78 is 101. The fourth-order valence-corrected chi connectivity index (χ4v) is 11.0. The van der Waals surface area contributed by atoms with Crippen molar-refractivity contribution in [2.45, 2.75) is 287 Å². The van der Waals surface area contributed by atoms with E-state index in [0.29, 0.717) is 36.0 Å². The van der Waals surface area contributed by atoms with Crippen LogP contribution in [0.15, 0.2) is 87.5 Å². The van der Waals surface area contributed by atoms with E-state index in [1.807, 2.05) is 0 Å². The molecule has 3 aromatic rings. The van der Waals surface area contributed by atoms with Crippen molar-refractivity contribution in [3.8, 4) is 0 Å². The second-order valence-corrected chi connectivity index (χ2v) is 24.2. The molecule has 0 aliphatic heterocycles. The van der Waals surface area contributed by atoms with Crippen LogP contribution in [-0.2, 0) is 71.3 Å². The number of benzene rings is 3. The molecule has 0 aromatic heterocycles. The Morgan fingerprint density at radius 1 is 0.324 bits per heavy atom. The fraction of sp³-hybridized carbons (Fsp3) is 0.700. The van der Waals surface area contributed by atoms with E-state index in [4.69, 9.17) is 5.11 Å². The van der Waals surface area contributed by atoms with Crippen molar-refractivity contribution in [3.05, 3.63) is 89.5 Å². The van der Waals surface area contributed by atoms with Crippen LogP contribution in [0, 0.1) is 0 Å². The van der Waals surface area contributed by atoms with Gasteiger partial charge in [-0.3, -0.25) is 0 Å². The van der Waals surface area contributed by atoms with Gasteiger partial charge in [0.2, 0.25) is 0 Å². The fourth-order valence-electron chi connectivity index (χ4n) is 8.80. The first-order chi connectivity index (χ1) is 34.9. The maximum atomic E-state index is 11.2. The van der Waals surface area contributed by atoms with Crippen molar-refractivity contribution in [1.29, 1.82) is 0 Å². The number of rotatable bonds is 39. The summed E-state index contributed by atoms with van der Waals surface area (Å²) in [5.74, 6) is 0. The van der Waals surface area contributed by atoms with Gasteiger partial charge in [-0.25, -0.2) is 25.3 Å². The van der Waals surface area contributed by atoms with Gasteiger partial charge < -0.3 is 18.8 Å². The zero-order valence-electron chi connectivity index (χ0n) is 46.8. The number of aliphatic hydroxyl groups is 1. The molecule has 0 spiro atoms. The van der Waals surface area contributed by atoms with E-state index in [1.165, 1.54) is 192 Å². The van der Waals surface area contributed by atoms with Gasteiger partial charge in [0.25, 0.3) is 0 Å². The summed E-state index contributed by atoms with van der Waals surface area (Å²) in [6.07, 6.45) is 43.6. The Morgan fingerprint density at radius 2 is 0.473 bits per heavy atom. The van der Waals surface area contributed by atoms with Crippen LogP contribution in [0.2, 0.25) is 0 Å². The first kappa shape index (κ1) is 74.1. The van der Waals surface area contributed by atoms with Gasteiger partial charge in [0.15, 0.2) is 0 Å². The maximum absolute atomic E-state index is 11.2. The van der Waals surface area contributed by atoms with Crippen LogP contribution in [0.4, 0.5) is 0 Å². The Labute approximate surface area is 469 Å². The molecule has 3 aromatic carbocycles. The smallest absolute Gasteiger partial charge is 0.744 e. The average molecular weight is 1130 g/mol. The molecule has 0 aliphatic carbocycles. The third kappa shape index (κ3) is 43.1. The molecule has 3 rings (SSSR count). The maximum Gasteiger partial charge on any atom is 3.00 e. The van der Waals surface area contributed by atoms with Gasteiger partial charge in [-0.1, -0.05) is 268 Å². The number of aliphatic hydroxyl groups excluding tert-OH is 1. The molecule has 74 heavy (non-hydrogen) atoms. The zero-order chi connectivity index (χ0) is 54.5. The van der Waals surface area contributed by atoms with E-state index in [-0.39, 0.29) is 42.5 Å². The summed E-state index contributed by atoms with van der Waals surface area (Å²) >= 11 is 0. The van der Waals surface area contributed by atoms with Crippen LogP contribution in [0.25, 0.3) is 0 Å². The predicted octanol–water partition coefficient (Wildman–Crippen LogP) is 16.7. The molecular formula is C60H101O10S3Ti. The quantitative estimate of drug-likeness (QED) is 0.0326. The first-order valence-electron chi connectivity index (χ1n) is 28.7. The van der Waals surface area contributed by atoms with E-state index in [2.05, 4.69) is 20.8 Å². The van der Waals surface area contributed by atoms with E-state index >= 15 is 0 Å². The van der Waals surface area contributed by atoms with Crippen molar-refractivity contribution in [2.75, 3.05) is 0 Å². The molecule has 10 nitrogen and oxygen atoms in total. The summed E-state index contributed by atoms with van der Waals surface area (Å²) in [5, 5.41) is 8.06. The molecule has 0 amide bonds. The van der Waals surface area contributed by atoms with Crippen LogP contribution in [0.5, 0.6) is 0 Å². The molecular weight excluding hydrogens is 1020 g/mol. The summed E-state index contributed by atoms with van der Waals surface area (Å²) in [4.78, 5) is -0.147. The van der Waals surface area contributed by atoms with E-state index < -0.39 is 30.4 Å². The predicted molar refractivity (Wildman–Crippen MR) is 301 cm³/mol. The Morgan fingerprint density at radius 3 is 0.635 bits per heavy atom. The standard InChI is InChI=1S/3C19H32O3S.C3H8O.Ti/c3*1-2-3-4-5-6-7-8-9-10-11-12-15-18-16-13-14-17-19(18)23(20,21)22;1-3(2)4;/h3*13-14,16-17H,2-12,15H2,1H3,(H,20,21,22);3-4H,1-2H3;/q;;;;+3/p-3. The van der Waals surface area contributed by atoms with E-state index in [0.717, 1.165) is 38.5 Å². The van der Waals surface area contributed by atoms with E-state index in [1.54, 1.807) is 68.4 Å². The minimum absolute atomic E-state index is 0. The Kier molecular flexibility index (Phi) is 48.3. The topological polar surface area (TPSA) is 192 Å². The number of hydrogen-bond donors (Lipinski definition) is 1. The van der Waals surface area contributed by atoms with Gasteiger partial charge in [0.05, 0.1) is 14.7 Å². The number of aryl methyl sites for hydroxylation is 3. The molecule has 1 radical (unpaired) electrons. The molecule has 0 unspecified atom stereocenters. The first-order valence-corrected chi connectivity index (χ1v) is 32.9. The van der Waals surface area contributed by atoms with Crippen LogP contribution in [0.1, 0.15) is 263 Å². The normalized spacial score (nSPS) is 11.4. The van der Waals surface area contributed by atoms with Crippen LogP contribution in [-0.4, -0.2) is 50.1 Å². The largest absolute Gasteiger partial charge is 3.00 e. The summed E-state index contributed by atoms with van der Waals surface area (Å²) in [6.45, 7) is 10.2. The van der Waals surface area contributed by atoms with Crippen molar-refractivity contribution in [1.82, 2.24) is 0 Å². The van der Waals surface area contributed by atoms with Gasteiger partial charge in [0, 0.05) is 6.10 Å². The number of hydrogen-bond acceptors (Lipinski definition) is 10. The SMILES string of the molecule is CC(C)O.CCCCCCCCCCCCCc1ccccc1S(=O)(=O)[O-].CCCCCCCCCCCCCc1ccccc1S(=O)(=O)[O-].CCCCCCCCCCCCCc1ccccc1S(=O)(=O)[O-].[Ti+3]. The average Bonchev–Trinajstić information content (AvgIpc) is 3.34. The molecule has 0 aliphatic rings. The van der Waals surface area contributed by atoms with Gasteiger partial charge >= 0.3 is 21.7 Å². The third-order valence-electron chi connectivity index (χ3n) is 12.9. The summed E-state index contributed by atoms with van der Waals surface area (Å²) in [7, 11) is -13.0. The molecule has 14 heteroatoms. The van der Waals surface area contributed by atoms with Gasteiger partial charge in [0.1, 0.15) is 30.4 Å². The molecule has 0 atom stereocenters. The summed E-state index contributed by atoms with van der Waals surface area (Å²) in [5.41, 5.74) is 2.00. The van der Waals surface area contributed by atoms with Gasteiger partial charge in [-0.15, -0.1) is 0 Å². The minimum Gasteiger partial charge on any atom is -0.744 e. The van der Waals surface area contributed by atoms with Crippen molar-refractivity contribution in [3.63, 3.8) is 0 Å². The Bertz CT molecular complexity index is 1860. The van der Waals surface area contributed by atoms with Crippen molar-refractivity contribution in [2.24, 2.45) is 0 Å². The van der Waals surface area contributed by atoms with Crippen LogP contribution < -0.4 is 0 Å². The molecule has 423 valence electrons. The monoisotopic (exact) mass is 1130 g/mol. The molecule has 0 heterocycles. The second-order valence-electron chi connectivity index (χ2n) is 20.1. The second kappa shape index (κ2) is 48.2. The Balaban J connectivity index is 0. The van der Waals surface area contributed by atoms with Gasteiger partial charge in [-0.05, 0) is 87.3 Å². The number of unbranched alkanes of at least 4 members (excludes halogenated alkanes) is 30. The molecule has 0 bridgehead atoms. The zero-order valence-corrected chi connectivity index (χ0v) is 50.8. The third-order valence-corrected chi connectivity index (χ3v) is 15.7. The summed E-state index contributed by atoms with van der Waals surface area (Å²) in [6, 6.07) is 19.7. The molecule has 0 saturated carbocycles. The molecule has 1 N–H and O–H groups in total. The van der Waals surface area contributed by atoms with Crippen LogP contribution in [0.3, 0.4) is 0 Å². The van der Waals surface area contributed by atoms with Crippen LogP contribution >= 0.6 is 0 Å². The Hall–Kier alpha value is -1.94. The van der Waals surface area contributed by atoms with Crippen molar-refractivity contribution >= 4 is 30.4 Å².